The Morgan fingerprint density at radius 2 is 2.00 bits per heavy atom. The molecule has 0 amide bonds. The van der Waals surface area contributed by atoms with E-state index < -0.39 is 25.0 Å². The van der Waals surface area contributed by atoms with Crippen molar-refractivity contribution < 1.29 is 27.0 Å². The third-order valence-electron chi connectivity index (χ3n) is 2.77. The predicted molar refractivity (Wildman–Crippen MR) is 67.9 cm³/mol. The largest absolute Gasteiger partial charge is 0.493 e. The molecule has 2 N–H and O–H groups in total. The minimum absolute atomic E-state index is 0.0301. The molecule has 9 heteroatoms. The summed E-state index contributed by atoms with van der Waals surface area (Å²) in [4.78, 5) is 0. The Morgan fingerprint density at radius 3 is 2.48 bits per heavy atom. The van der Waals surface area contributed by atoms with Gasteiger partial charge in [0.05, 0.1) is 31.6 Å². The number of ether oxygens (including phenoxy) is 2. The molecule has 0 aliphatic heterocycles. The first-order chi connectivity index (χ1) is 9.70. The van der Waals surface area contributed by atoms with Gasteiger partial charge in [-0.1, -0.05) is 0 Å². The Bertz CT molecular complexity index is 452. The van der Waals surface area contributed by atoms with Gasteiger partial charge in [0.15, 0.2) is 5.75 Å². The third-order valence-corrected chi connectivity index (χ3v) is 2.77. The van der Waals surface area contributed by atoms with Gasteiger partial charge in [-0.15, -0.1) is 0 Å². The zero-order valence-electron chi connectivity index (χ0n) is 12.0. The number of alkyl halides is 4. The summed E-state index contributed by atoms with van der Waals surface area (Å²) >= 11 is 0. The van der Waals surface area contributed by atoms with E-state index in [-0.39, 0.29) is 12.6 Å². The molecule has 0 aromatic carbocycles. The van der Waals surface area contributed by atoms with Crippen molar-refractivity contribution in [2.45, 2.75) is 38.3 Å². The minimum atomic E-state index is -4.19. The summed E-state index contributed by atoms with van der Waals surface area (Å²) in [6.07, 6.45) is -2.33. The Hall–Kier alpha value is -1.35. The quantitative estimate of drug-likeness (QED) is 0.749. The highest BCUT2D eigenvalue weighted by Crippen LogP contribution is 2.27. The van der Waals surface area contributed by atoms with Crippen LogP contribution in [0.1, 0.15) is 31.6 Å². The van der Waals surface area contributed by atoms with E-state index in [1.807, 2.05) is 13.8 Å². The normalized spacial score (nSPS) is 14.0. The van der Waals surface area contributed by atoms with Crippen LogP contribution in [0.3, 0.4) is 0 Å². The fraction of sp³-hybridized carbons (Fsp3) is 0.750. The predicted octanol–water partition coefficient (Wildman–Crippen LogP) is 2.39. The maximum atomic E-state index is 12.7. The lowest BCUT2D eigenvalue weighted by molar-refractivity contribution is -0.166. The smallest absolute Gasteiger partial charge is 0.330 e. The van der Waals surface area contributed by atoms with E-state index in [0.717, 1.165) is 0 Å². The van der Waals surface area contributed by atoms with Crippen molar-refractivity contribution >= 4 is 0 Å². The number of halogens is 4. The molecular formula is C12H19F4N3O2. The molecule has 1 atom stereocenters. The average molecular weight is 313 g/mol. The molecule has 0 fully saturated rings. The van der Waals surface area contributed by atoms with Gasteiger partial charge in [0.25, 0.3) is 0 Å². The van der Waals surface area contributed by atoms with Crippen LogP contribution in [0.5, 0.6) is 5.75 Å². The number of aromatic nitrogens is 2. The topological polar surface area (TPSA) is 62.3 Å². The standard InChI is InChI=1S/C12H19F4N3O2/c1-7(2)19-10(9(20-3)4-18-19)8(17)5-21-6-12(15,16)11(13)14/h4,7-8,11H,5-6,17H2,1-3H3. The SMILES string of the molecule is COc1cnn(C(C)C)c1C(N)COCC(F)(F)C(F)F. The second-order valence-electron chi connectivity index (χ2n) is 4.82. The number of nitrogens with zero attached hydrogens (tertiary/aromatic N) is 2. The lowest BCUT2D eigenvalue weighted by Gasteiger charge is -2.20. The lowest BCUT2D eigenvalue weighted by Crippen LogP contribution is -2.34. The van der Waals surface area contributed by atoms with Crippen molar-refractivity contribution in [3.05, 3.63) is 11.9 Å². The number of rotatable bonds is 8. The molecule has 0 bridgehead atoms. The van der Waals surface area contributed by atoms with Crippen molar-refractivity contribution in [2.24, 2.45) is 5.73 Å². The second kappa shape index (κ2) is 7.08. The van der Waals surface area contributed by atoms with Crippen LogP contribution in [0.15, 0.2) is 6.20 Å². The molecule has 0 aliphatic carbocycles. The Labute approximate surface area is 120 Å². The van der Waals surface area contributed by atoms with Crippen LogP contribution < -0.4 is 10.5 Å². The molecule has 0 radical (unpaired) electrons. The van der Waals surface area contributed by atoms with Gasteiger partial charge in [-0.2, -0.15) is 13.9 Å². The summed E-state index contributed by atoms with van der Waals surface area (Å²) in [6.45, 7) is 1.97. The lowest BCUT2D eigenvalue weighted by atomic mass is 10.2. The number of hydrogen-bond acceptors (Lipinski definition) is 4. The summed E-state index contributed by atoms with van der Waals surface area (Å²) in [6, 6.07) is -0.851. The van der Waals surface area contributed by atoms with Crippen LogP contribution in [0.2, 0.25) is 0 Å². The van der Waals surface area contributed by atoms with E-state index in [2.05, 4.69) is 9.84 Å². The number of hydrogen-bond donors (Lipinski definition) is 1. The molecule has 1 unspecified atom stereocenters. The van der Waals surface area contributed by atoms with Crippen molar-refractivity contribution in [3.8, 4) is 5.75 Å². The van der Waals surface area contributed by atoms with Gasteiger partial charge >= 0.3 is 12.3 Å². The van der Waals surface area contributed by atoms with Gasteiger partial charge in [-0.3, -0.25) is 4.68 Å². The molecule has 122 valence electrons. The summed E-state index contributed by atoms with van der Waals surface area (Å²) in [5, 5.41) is 4.08. The van der Waals surface area contributed by atoms with Gasteiger partial charge in [-0.25, -0.2) is 8.78 Å². The van der Waals surface area contributed by atoms with Gasteiger partial charge < -0.3 is 15.2 Å². The Kier molecular flexibility index (Phi) is 5.97. The van der Waals surface area contributed by atoms with Crippen LogP contribution in [-0.4, -0.2) is 42.5 Å². The average Bonchev–Trinajstić information content (AvgIpc) is 2.81. The minimum Gasteiger partial charge on any atom is -0.493 e. The second-order valence-corrected chi connectivity index (χ2v) is 4.82. The maximum Gasteiger partial charge on any atom is 0.330 e. The molecule has 0 saturated heterocycles. The van der Waals surface area contributed by atoms with Crippen molar-refractivity contribution in [1.29, 1.82) is 0 Å². The van der Waals surface area contributed by atoms with E-state index >= 15 is 0 Å². The monoisotopic (exact) mass is 313 g/mol. The summed E-state index contributed by atoms with van der Waals surface area (Å²) in [7, 11) is 1.42. The fourth-order valence-corrected chi connectivity index (χ4v) is 1.74. The first-order valence-electron chi connectivity index (χ1n) is 6.31. The molecule has 5 nitrogen and oxygen atoms in total. The van der Waals surface area contributed by atoms with Crippen LogP contribution >= 0.6 is 0 Å². The molecule has 0 spiro atoms. The Morgan fingerprint density at radius 1 is 1.38 bits per heavy atom. The maximum absolute atomic E-state index is 12.7. The highest BCUT2D eigenvalue weighted by atomic mass is 19.3. The fourth-order valence-electron chi connectivity index (χ4n) is 1.74. The van der Waals surface area contributed by atoms with Gasteiger partial charge in [0, 0.05) is 6.04 Å². The molecule has 1 rings (SSSR count). The van der Waals surface area contributed by atoms with Crippen molar-refractivity contribution in [2.75, 3.05) is 20.3 Å². The molecule has 1 aromatic heterocycles. The van der Waals surface area contributed by atoms with Crippen molar-refractivity contribution in [1.82, 2.24) is 9.78 Å². The van der Waals surface area contributed by atoms with Crippen LogP contribution in [0, 0.1) is 0 Å². The molecule has 0 aliphatic rings. The van der Waals surface area contributed by atoms with E-state index in [0.29, 0.717) is 11.4 Å². The van der Waals surface area contributed by atoms with Crippen molar-refractivity contribution in [3.63, 3.8) is 0 Å². The van der Waals surface area contributed by atoms with Crippen LogP contribution in [0.4, 0.5) is 17.6 Å². The third kappa shape index (κ3) is 4.31. The summed E-state index contributed by atoms with van der Waals surface area (Å²) < 4.78 is 60.8. The zero-order chi connectivity index (χ0) is 16.2. The van der Waals surface area contributed by atoms with Crippen LogP contribution in [-0.2, 0) is 4.74 Å². The molecule has 0 saturated carbocycles. The van der Waals surface area contributed by atoms with E-state index in [1.54, 1.807) is 4.68 Å². The van der Waals surface area contributed by atoms with E-state index in [1.165, 1.54) is 13.3 Å². The van der Waals surface area contributed by atoms with Crippen LogP contribution in [0.25, 0.3) is 0 Å². The number of nitrogens with two attached hydrogens (primary N) is 1. The number of methoxy groups -OCH3 is 1. The van der Waals surface area contributed by atoms with Gasteiger partial charge in [0.2, 0.25) is 0 Å². The van der Waals surface area contributed by atoms with E-state index in [9.17, 15) is 17.6 Å². The van der Waals surface area contributed by atoms with E-state index in [4.69, 9.17) is 10.5 Å². The molecule has 1 aromatic rings. The summed E-state index contributed by atoms with van der Waals surface area (Å²) in [5.41, 5.74) is 6.33. The Balaban J connectivity index is 2.72. The first-order valence-corrected chi connectivity index (χ1v) is 6.31. The molecule has 21 heavy (non-hydrogen) atoms. The summed E-state index contributed by atoms with van der Waals surface area (Å²) in [5.74, 6) is -3.80. The van der Waals surface area contributed by atoms with Gasteiger partial charge in [0.1, 0.15) is 6.61 Å². The molecule has 1 heterocycles. The highest BCUT2D eigenvalue weighted by Gasteiger charge is 2.41. The zero-order valence-corrected chi connectivity index (χ0v) is 12.0. The highest BCUT2D eigenvalue weighted by molar-refractivity contribution is 5.28. The molecular weight excluding hydrogens is 294 g/mol. The van der Waals surface area contributed by atoms with Gasteiger partial charge in [-0.05, 0) is 13.8 Å². The first kappa shape index (κ1) is 17.7.